The molecule has 5 aromatic rings. The van der Waals surface area contributed by atoms with Crippen molar-refractivity contribution in [1.29, 1.82) is 0 Å². The molecule has 10 heteroatoms. The van der Waals surface area contributed by atoms with Gasteiger partial charge in [-0.25, -0.2) is 4.98 Å². The van der Waals surface area contributed by atoms with Crippen LogP contribution in [-0.4, -0.2) is 79.0 Å². The molecule has 3 fully saturated rings. The fourth-order valence-electron chi connectivity index (χ4n) is 8.71. The lowest BCUT2D eigenvalue weighted by molar-refractivity contribution is -0.0647. The van der Waals surface area contributed by atoms with Gasteiger partial charge in [0, 0.05) is 80.1 Å². The number of nitrogens with one attached hydrogen (secondary N) is 1. The number of anilines is 1. The first-order valence-corrected chi connectivity index (χ1v) is 18.6. The Morgan fingerprint density at radius 3 is 2.56 bits per heavy atom. The first-order chi connectivity index (χ1) is 25.3. The van der Waals surface area contributed by atoms with Crippen LogP contribution >= 0.6 is 11.6 Å². The number of nitrogens with zero attached hydrogens (tertiary/aromatic N) is 4. The van der Waals surface area contributed by atoms with Gasteiger partial charge >= 0.3 is 0 Å². The number of ether oxygens (including phenoxy) is 3. The lowest BCUT2D eigenvalue weighted by Crippen LogP contribution is -2.68. The first-order valence-electron chi connectivity index (χ1n) is 18.2. The Balaban J connectivity index is 0.957. The minimum Gasteiger partial charge on any atom is -0.493 e. The Kier molecular flexibility index (Phi) is 9.36. The summed E-state index contributed by atoms with van der Waals surface area (Å²) in [4.78, 5) is 27.2. The molecule has 0 amide bonds. The quantitative estimate of drug-likeness (QED) is 0.136. The minimum atomic E-state index is 0.313. The number of pyridine rings is 1. The molecule has 1 N–H and O–H groups in total. The topological polar surface area (TPSA) is 83.2 Å². The second kappa shape index (κ2) is 14.1. The third-order valence-corrected chi connectivity index (χ3v) is 11.7. The zero-order valence-corrected chi connectivity index (χ0v) is 31.0. The highest BCUT2D eigenvalue weighted by molar-refractivity contribution is 6.35. The average molecular weight is 720 g/mol. The van der Waals surface area contributed by atoms with Crippen molar-refractivity contribution in [1.82, 2.24) is 19.8 Å². The van der Waals surface area contributed by atoms with Crippen LogP contribution in [0.2, 0.25) is 5.02 Å². The molecule has 1 spiro atoms. The Bertz CT molecular complexity index is 2080. The Morgan fingerprint density at radius 1 is 0.981 bits per heavy atom. The van der Waals surface area contributed by atoms with E-state index in [1.165, 1.54) is 29.5 Å². The minimum absolute atomic E-state index is 0.313. The van der Waals surface area contributed by atoms with Crippen LogP contribution in [0.3, 0.4) is 0 Å². The molecule has 4 heterocycles. The molecule has 3 aromatic carbocycles. The lowest BCUT2D eigenvalue weighted by atomic mass is 9.59. The van der Waals surface area contributed by atoms with Crippen LogP contribution in [0.1, 0.15) is 65.7 Å². The number of methoxy groups -OCH3 is 2. The molecule has 9 nitrogen and oxygen atoms in total. The molecule has 1 unspecified atom stereocenters. The smallest absolute Gasteiger partial charge is 0.161 e. The van der Waals surface area contributed by atoms with Crippen molar-refractivity contribution < 1.29 is 19.0 Å². The zero-order chi connectivity index (χ0) is 36.0. The molecule has 1 atom stereocenters. The van der Waals surface area contributed by atoms with E-state index in [9.17, 15) is 4.79 Å². The molecule has 1 aliphatic carbocycles. The number of hydrogen-bond donors (Lipinski definition) is 1. The molecule has 270 valence electrons. The van der Waals surface area contributed by atoms with E-state index in [-0.39, 0.29) is 0 Å². The highest BCUT2D eigenvalue weighted by Gasteiger charge is 2.55. The van der Waals surface area contributed by atoms with Gasteiger partial charge in [0.05, 0.1) is 31.0 Å². The summed E-state index contributed by atoms with van der Waals surface area (Å²) in [6.07, 6.45) is 6.57. The van der Waals surface area contributed by atoms with Gasteiger partial charge in [-0.15, -0.1) is 0 Å². The molecule has 2 aliphatic heterocycles. The summed E-state index contributed by atoms with van der Waals surface area (Å²) in [5.74, 6) is 3.04. The number of aromatic nitrogens is 2. The van der Waals surface area contributed by atoms with Gasteiger partial charge in [0.25, 0.3) is 0 Å². The van der Waals surface area contributed by atoms with Gasteiger partial charge in [0.1, 0.15) is 17.1 Å². The van der Waals surface area contributed by atoms with Crippen LogP contribution in [0.15, 0.2) is 79.1 Å². The average Bonchev–Trinajstić information content (AvgIpc) is 3.50. The number of hydrogen-bond acceptors (Lipinski definition) is 8. The third-order valence-electron chi connectivity index (χ3n) is 11.4. The van der Waals surface area contributed by atoms with Crippen LogP contribution in [0.25, 0.3) is 11.0 Å². The number of aromatic amines is 1. The van der Waals surface area contributed by atoms with Crippen LogP contribution in [0.4, 0.5) is 5.69 Å². The van der Waals surface area contributed by atoms with Gasteiger partial charge in [-0.2, -0.15) is 0 Å². The van der Waals surface area contributed by atoms with Crippen molar-refractivity contribution in [2.45, 2.75) is 51.2 Å². The standard InChI is InChI=1S/C42H46ClN5O4/c1-27(2)33-7-5-6-8-34(33)37-23-46(22-28-9-12-38(50-3)40(15-28)51-4)13-14-48(37)31-18-42(19-31)25-47(26-42)30-11-10-29(24-49)39(16-30)52-32-17-35-36(43)21-45-41(35)44-20-32/h5-12,15-17,20-21,24,27,31,37H,13-14,18-19,22-23,25-26H2,1-4H3,(H,44,45). The van der Waals surface area contributed by atoms with Crippen molar-refractivity contribution in [3.63, 3.8) is 0 Å². The van der Waals surface area contributed by atoms with Crippen molar-refractivity contribution in [2.24, 2.45) is 5.41 Å². The van der Waals surface area contributed by atoms with E-state index in [4.69, 9.17) is 25.8 Å². The summed E-state index contributed by atoms with van der Waals surface area (Å²) in [5, 5.41) is 1.36. The predicted molar refractivity (Wildman–Crippen MR) is 205 cm³/mol. The highest BCUT2D eigenvalue weighted by atomic mass is 35.5. The summed E-state index contributed by atoms with van der Waals surface area (Å²) in [7, 11) is 3.38. The maximum Gasteiger partial charge on any atom is 0.161 e. The lowest BCUT2D eigenvalue weighted by Gasteiger charge is -2.63. The largest absolute Gasteiger partial charge is 0.493 e. The van der Waals surface area contributed by atoms with Crippen molar-refractivity contribution >= 4 is 34.6 Å². The number of H-pyrrole nitrogens is 1. The van der Waals surface area contributed by atoms with Crippen LogP contribution in [-0.2, 0) is 6.54 Å². The van der Waals surface area contributed by atoms with Gasteiger partial charge in [-0.3, -0.25) is 14.6 Å². The number of rotatable bonds is 11. The van der Waals surface area contributed by atoms with E-state index in [1.807, 2.05) is 30.3 Å². The Hall–Kier alpha value is -4.57. The molecular formula is C42H46ClN5O4. The van der Waals surface area contributed by atoms with Crippen molar-refractivity contribution in [2.75, 3.05) is 51.8 Å². The first kappa shape index (κ1) is 34.5. The van der Waals surface area contributed by atoms with Crippen molar-refractivity contribution in [3.8, 4) is 23.0 Å². The van der Waals surface area contributed by atoms with Crippen molar-refractivity contribution in [3.05, 3.63) is 106 Å². The molecule has 2 saturated heterocycles. The zero-order valence-electron chi connectivity index (χ0n) is 30.3. The molecule has 3 aliphatic rings. The summed E-state index contributed by atoms with van der Waals surface area (Å²) in [6, 6.07) is 23.9. The van der Waals surface area contributed by atoms with E-state index < -0.39 is 0 Å². The monoisotopic (exact) mass is 719 g/mol. The van der Waals surface area contributed by atoms with Gasteiger partial charge in [0.15, 0.2) is 17.8 Å². The number of fused-ring (bicyclic) bond motifs is 1. The molecule has 2 aromatic heterocycles. The molecule has 0 radical (unpaired) electrons. The number of aldehydes is 1. The fraction of sp³-hybridized carbons (Fsp3) is 0.381. The van der Waals surface area contributed by atoms with E-state index >= 15 is 0 Å². The maximum absolute atomic E-state index is 11.9. The maximum atomic E-state index is 11.9. The Labute approximate surface area is 310 Å². The second-order valence-electron chi connectivity index (χ2n) is 15.0. The number of halogens is 1. The fourth-order valence-corrected chi connectivity index (χ4v) is 8.91. The second-order valence-corrected chi connectivity index (χ2v) is 15.4. The summed E-state index contributed by atoms with van der Waals surface area (Å²) in [5.41, 5.74) is 6.71. The number of piperazine rings is 1. The van der Waals surface area contributed by atoms with E-state index in [1.54, 1.807) is 26.6 Å². The van der Waals surface area contributed by atoms with Crippen LogP contribution < -0.4 is 19.1 Å². The molecule has 0 bridgehead atoms. The molecular weight excluding hydrogens is 674 g/mol. The summed E-state index contributed by atoms with van der Waals surface area (Å²) >= 11 is 6.32. The SMILES string of the molecule is COc1ccc(CN2CCN(C3CC4(C3)CN(c3ccc(C=O)c(Oc5cnc6[nH]cc(Cl)c6c5)c3)C4)C(c3ccccc3C(C)C)C2)cc1OC. The summed E-state index contributed by atoms with van der Waals surface area (Å²) in [6.45, 7) is 10.5. The molecule has 8 rings (SSSR count). The number of benzene rings is 3. The Morgan fingerprint density at radius 2 is 1.79 bits per heavy atom. The summed E-state index contributed by atoms with van der Waals surface area (Å²) < 4.78 is 17.3. The van der Waals surface area contributed by atoms with Gasteiger partial charge < -0.3 is 24.1 Å². The van der Waals surface area contributed by atoms with Gasteiger partial charge in [0.2, 0.25) is 0 Å². The van der Waals surface area contributed by atoms with Crippen LogP contribution in [0, 0.1) is 5.41 Å². The van der Waals surface area contributed by atoms with Crippen LogP contribution in [0.5, 0.6) is 23.0 Å². The molecule has 52 heavy (non-hydrogen) atoms. The normalized spacial score (nSPS) is 19.1. The third kappa shape index (κ3) is 6.50. The number of carbonyl (C=O) groups is 1. The van der Waals surface area contributed by atoms with Gasteiger partial charge in [-0.1, -0.05) is 55.8 Å². The van der Waals surface area contributed by atoms with E-state index in [0.29, 0.717) is 51.1 Å². The predicted octanol–water partition coefficient (Wildman–Crippen LogP) is 8.49. The highest BCUT2D eigenvalue weighted by Crippen LogP contribution is 2.53. The molecule has 1 saturated carbocycles. The number of carbonyl (C=O) groups excluding carboxylic acids is 1. The van der Waals surface area contributed by atoms with E-state index in [2.05, 4.69) is 74.9 Å². The van der Waals surface area contributed by atoms with E-state index in [0.717, 1.165) is 68.1 Å². The van der Waals surface area contributed by atoms with Gasteiger partial charge in [-0.05, 0) is 65.8 Å².